The number of hydrogen-bond donors (Lipinski definition) is 0. The summed E-state index contributed by atoms with van der Waals surface area (Å²) >= 11 is 0. The molecule has 0 amide bonds. The Hall–Kier alpha value is -3.28. The Labute approximate surface area is 355 Å². The van der Waals surface area contributed by atoms with Gasteiger partial charge in [0.05, 0.1) is 0 Å². The van der Waals surface area contributed by atoms with E-state index in [0.29, 0.717) is 35.3 Å². The van der Waals surface area contributed by atoms with Crippen LogP contribution in [0.3, 0.4) is 0 Å². The smallest absolute Gasteiger partial charge is 0.435 e. The van der Waals surface area contributed by atoms with Gasteiger partial charge in [0.25, 0.3) is 0 Å². The molecule has 0 aromatic heterocycles. The second-order valence-corrected chi connectivity index (χ2v) is 23.1. The number of phosphoric ester groups is 1. The first-order valence-corrected chi connectivity index (χ1v) is 25.3. The van der Waals surface area contributed by atoms with Gasteiger partial charge in [0.1, 0.15) is 11.5 Å². The van der Waals surface area contributed by atoms with Crippen LogP contribution in [0.5, 0.6) is 11.5 Å². The predicted octanol–water partition coefficient (Wildman–Crippen LogP) is 13.1. The predicted molar refractivity (Wildman–Crippen MR) is 235 cm³/mol. The van der Waals surface area contributed by atoms with E-state index < -0.39 is 16.3 Å². The van der Waals surface area contributed by atoms with Crippen molar-refractivity contribution in [2.75, 3.05) is 21.3 Å². The normalized spacial score (nSPS) is 30.0. The van der Waals surface area contributed by atoms with Gasteiger partial charge < -0.3 is 13.6 Å². The Bertz CT molecular complexity index is 2630. The fourth-order valence-electron chi connectivity index (χ4n) is 14.9. The van der Waals surface area contributed by atoms with E-state index in [-0.39, 0.29) is 35.8 Å². The van der Waals surface area contributed by atoms with E-state index in [2.05, 4.69) is 87.0 Å². The van der Waals surface area contributed by atoms with Crippen molar-refractivity contribution < 1.29 is 27.2 Å². The zero-order valence-electron chi connectivity index (χ0n) is 35.8. The van der Waals surface area contributed by atoms with Crippen LogP contribution in [0.2, 0.25) is 0 Å². The topological polar surface area (TPSA) is 66.5 Å². The summed E-state index contributed by atoms with van der Waals surface area (Å²) in [6, 6.07) is 19.9. The molecule has 1 fully saturated rings. The van der Waals surface area contributed by atoms with Gasteiger partial charge in [-0.1, -0.05) is 60.2 Å². The molecule has 10 unspecified atom stereocenters. The molecule has 4 aromatic carbocycles. The first-order valence-electron chi connectivity index (χ1n) is 22.7. The Balaban J connectivity index is 1.03. The zero-order chi connectivity index (χ0) is 40.7. The lowest BCUT2D eigenvalue weighted by Gasteiger charge is -2.38. The molecule has 0 heterocycles. The Morgan fingerprint density at radius 1 is 0.600 bits per heavy atom. The summed E-state index contributed by atoms with van der Waals surface area (Å²) in [5.74, 6) is 4.92. The highest BCUT2D eigenvalue weighted by Gasteiger charge is 2.57. The number of allylic oxidation sites excluding steroid dienone is 2. The molecule has 13 rings (SSSR count). The van der Waals surface area contributed by atoms with E-state index in [4.69, 9.17) is 22.6 Å². The van der Waals surface area contributed by atoms with Crippen molar-refractivity contribution in [1.82, 2.24) is 4.67 Å². The molecule has 7 nitrogen and oxygen atoms in total. The minimum atomic E-state index is -3.95. The molecule has 4 aromatic rings. The van der Waals surface area contributed by atoms with Gasteiger partial charge in [-0.25, -0.2) is 9.24 Å². The summed E-state index contributed by atoms with van der Waals surface area (Å²) in [6.07, 6.45) is 10.8. The second-order valence-electron chi connectivity index (χ2n) is 19.8. The third kappa shape index (κ3) is 4.68. The molecule has 60 heavy (non-hydrogen) atoms. The Kier molecular flexibility index (Phi) is 8.02. The van der Waals surface area contributed by atoms with Gasteiger partial charge in [-0.2, -0.15) is 0 Å². The molecule has 9 heteroatoms. The number of hydrogen-bond acceptors (Lipinski definition) is 7. The number of nitrogens with zero attached hydrogens (tertiary/aromatic N) is 1. The third-order valence-corrected chi connectivity index (χ3v) is 20.1. The highest BCUT2D eigenvalue weighted by molar-refractivity contribution is 7.48. The number of rotatable bonds is 10. The van der Waals surface area contributed by atoms with Gasteiger partial charge >= 0.3 is 16.3 Å². The SMILES string of the molecule is COP(Oc1c2c(c(OP(=O)(OC)OC)c3c1C1CC3c3cc4c(cc31)C1CC4c3ccccc31)C1CC2c2cc3c(cc21)C1CC3C2CCCC=C12)N(C(C)C)C(C)C. The quantitative estimate of drug-likeness (QED) is 0.116. The van der Waals surface area contributed by atoms with Crippen LogP contribution in [0.4, 0.5) is 0 Å². The van der Waals surface area contributed by atoms with Gasteiger partial charge in [-0.15, -0.1) is 0 Å². The molecule has 1 saturated carbocycles. The molecule has 310 valence electrons. The van der Waals surface area contributed by atoms with Crippen molar-refractivity contribution in [3.63, 3.8) is 0 Å². The lowest BCUT2D eigenvalue weighted by atomic mass is 9.72. The van der Waals surface area contributed by atoms with Crippen LogP contribution in [-0.4, -0.2) is 38.1 Å². The standard InChI is InChI=1S/C51H55NO6P2/c1-24(2)52(25(3)4)59(54-5)57-50-46-42-22-44(40-20-36-32-16-30(34(36)18-38(40)42)26-12-8-10-14-28(26)32)48(46)51(58-60(53,55-6)56-7)49-45-23-43(47(49)50)39-19-35-31-17-33(37(35)21-41(39)45)29-15-11-9-13-27(29)31/h8,10,12,14-15,18-21,24-25,27,30-33,42-45H,9,11,13,16-17,22-23H2,1-7H3. The summed E-state index contributed by atoms with van der Waals surface area (Å²) < 4.78 is 48.9. The minimum absolute atomic E-state index is 0.0779. The van der Waals surface area contributed by atoms with Crippen molar-refractivity contribution >= 4 is 16.3 Å². The fourth-order valence-corrected chi connectivity index (χ4v) is 17.1. The summed E-state index contributed by atoms with van der Waals surface area (Å²) in [5, 5.41) is 0. The molecule has 0 spiro atoms. The van der Waals surface area contributed by atoms with Crippen LogP contribution in [0.1, 0.15) is 198 Å². The largest absolute Gasteiger partial charge is 0.529 e. The van der Waals surface area contributed by atoms with Crippen LogP contribution in [0, 0.1) is 5.92 Å². The fraction of sp³-hybridized carbons (Fsp3) is 0.490. The lowest BCUT2D eigenvalue weighted by Crippen LogP contribution is -2.34. The second kappa shape index (κ2) is 12.9. The van der Waals surface area contributed by atoms with Gasteiger partial charge in [-0.05, 0) is 140 Å². The summed E-state index contributed by atoms with van der Waals surface area (Å²) in [5.41, 5.74) is 21.2. The van der Waals surface area contributed by atoms with E-state index in [1.807, 2.05) is 0 Å². The van der Waals surface area contributed by atoms with Crippen LogP contribution < -0.4 is 9.05 Å². The monoisotopic (exact) mass is 839 g/mol. The van der Waals surface area contributed by atoms with Crippen molar-refractivity contribution in [2.24, 2.45) is 5.92 Å². The van der Waals surface area contributed by atoms with Gasteiger partial charge in [0.15, 0.2) is 0 Å². The highest BCUT2D eigenvalue weighted by atomic mass is 31.2. The average Bonchev–Trinajstić information content (AvgIpc) is 4.14. The summed E-state index contributed by atoms with van der Waals surface area (Å²) in [7, 11) is -0.727. The molecule has 9 aliphatic carbocycles. The minimum Gasteiger partial charge on any atom is -0.435 e. The lowest BCUT2D eigenvalue weighted by molar-refractivity contribution is 0.209. The van der Waals surface area contributed by atoms with Crippen molar-refractivity contribution in [3.05, 3.63) is 138 Å². The third-order valence-electron chi connectivity index (χ3n) is 16.8. The highest BCUT2D eigenvalue weighted by Crippen LogP contribution is 2.74. The Morgan fingerprint density at radius 2 is 1.08 bits per heavy atom. The maximum absolute atomic E-state index is 14.4. The number of phosphoric acid groups is 1. The van der Waals surface area contributed by atoms with E-state index in [1.165, 1.54) is 95.5 Å². The van der Waals surface area contributed by atoms with E-state index >= 15 is 0 Å². The maximum Gasteiger partial charge on any atom is 0.529 e. The van der Waals surface area contributed by atoms with Gasteiger partial charge in [-0.3, -0.25) is 9.05 Å². The summed E-state index contributed by atoms with van der Waals surface area (Å²) in [4.78, 5) is 0. The molecule has 9 aliphatic rings. The zero-order valence-corrected chi connectivity index (χ0v) is 37.6. The van der Waals surface area contributed by atoms with Crippen LogP contribution >= 0.6 is 16.3 Å². The number of fused-ring (bicyclic) bond motifs is 32. The van der Waals surface area contributed by atoms with Gasteiger partial charge in [0.2, 0.25) is 0 Å². The summed E-state index contributed by atoms with van der Waals surface area (Å²) in [6.45, 7) is 8.95. The molecule has 0 saturated heterocycles. The van der Waals surface area contributed by atoms with Crippen LogP contribution in [0.25, 0.3) is 0 Å². The molecule has 0 aliphatic heterocycles. The first kappa shape index (κ1) is 37.3. The molecular formula is C51H55NO6P2. The maximum atomic E-state index is 14.4. The van der Waals surface area contributed by atoms with Crippen LogP contribution in [0.15, 0.2) is 60.2 Å². The molecular weight excluding hydrogens is 785 g/mol. The van der Waals surface area contributed by atoms with E-state index in [9.17, 15) is 4.57 Å². The molecule has 8 bridgehead atoms. The number of benzene rings is 4. The molecule has 10 atom stereocenters. The van der Waals surface area contributed by atoms with Crippen LogP contribution in [-0.2, 0) is 18.1 Å². The Morgan fingerprint density at radius 3 is 1.60 bits per heavy atom. The van der Waals surface area contributed by atoms with E-state index in [0.717, 1.165) is 36.1 Å². The molecule has 0 N–H and O–H groups in total. The first-order chi connectivity index (χ1) is 29.1. The van der Waals surface area contributed by atoms with Crippen molar-refractivity contribution in [1.29, 1.82) is 0 Å². The van der Waals surface area contributed by atoms with E-state index in [1.54, 1.807) is 23.8 Å². The van der Waals surface area contributed by atoms with Gasteiger partial charge in [0, 0.05) is 97.1 Å². The average molecular weight is 840 g/mol. The van der Waals surface area contributed by atoms with Crippen molar-refractivity contribution in [3.8, 4) is 11.5 Å². The molecule has 0 radical (unpaired) electrons. The van der Waals surface area contributed by atoms with Crippen molar-refractivity contribution in [2.45, 2.75) is 132 Å².